The smallest absolute Gasteiger partial charge is 0.185 e. The number of aromatic amines is 2. The van der Waals surface area contributed by atoms with Crippen molar-refractivity contribution in [2.75, 3.05) is 124 Å². The minimum Gasteiger partial charge on any atom is -0.364 e. The second kappa shape index (κ2) is 22.8. The molecule has 0 amide bonds. The van der Waals surface area contributed by atoms with Gasteiger partial charge in [-0.05, 0) is 48.6 Å². The Morgan fingerprint density at radius 1 is 0.239 bits per heavy atom. The zero-order chi connectivity index (χ0) is 61.7. The number of benzene rings is 4. The summed E-state index contributed by atoms with van der Waals surface area (Å²) in [7, 11) is 0. The highest BCUT2D eigenvalue weighted by molar-refractivity contribution is 6.01. The molecule has 0 spiro atoms. The first-order chi connectivity index (χ1) is 42.4. The van der Waals surface area contributed by atoms with Gasteiger partial charge in [0.25, 0.3) is 0 Å². The molecule has 0 aliphatic carbocycles. The van der Waals surface area contributed by atoms with Crippen LogP contribution in [0, 0.1) is 93.1 Å². The highest BCUT2D eigenvalue weighted by atomic mass is 19.2. The summed E-state index contributed by atoms with van der Waals surface area (Å²) in [4.78, 5) is 18.2. The number of nitrogens with zero attached hydrogens (tertiary/aromatic N) is 6. The van der Waals surface area contributed by atoms with Gasteiger partial charge in [-0.25, -0.2) is 80.2 Å². The molecule has 0 saturated carbocycles. The fourth-order valence-corrected chi connectivity index (χ4v) is 12.3. The first-order valence-corrected chi connectivity index (χ1v) is 27.8. The van der Waals surface area contributed by atoms with Crippen LogP contribution in [-0.4, -0.2) is 125 Å². The molecule has 8 bridgehead atoms. The Hall–Kier alpha value is -8.60. The monoisotopic (exact) mass is 1240 g/mol. The Balaban J connectivity index is 1.20. The van der Waals surface area contributed by atoms with Gasteiger partial charge >= 0.3 is 0 Å². The molecule has 3 aromatic heterocycles. The lowest BCUT2D eigenvalue weighted by Gasteiger charge is -2.30. The average molecular weight is 1240 g/mol. The van der Waals surface area contributed by atoms with Crippen molar-refractivity contribution in [1.29, 1.82) is 0 Å². The summed E-state index contributed by atoms with van der Waals surface area (Å²) >= 11 is 0. The van der Waals surface area contributed by atoms with E-state index in [9.17, 15) is 0 Å². The van der Waals surface area contributed by atoms with E-state index in [1.165, 1.54) is 0 Å². The number of fused-ring (bicyclic) bond motifs is 8. The number of H-pyrrole nitrogens is 2. The zero-order valence-electron chi connectivity index (χ0n) is 45.7. The topological polar surface area (TPSA) is 118 Å². The molecule has 28 heteroatoms. The van der Waals surface area contributed by atoms with E-state index in [0.29, 0.717) is 0 Å². The Bertz CT molecular complexity index is 3660. The van der Waals surface area contributed by atoms with Crippen LogP contribution in [0.3, 0.4) is 0 Å². The van der Waals surface area contributed by atoms with Gasteiger partial charge in [0.15, 0.2) is 93.1 Å². The predicted octanol–water partition coefficient (Wildman–Crippen LogP) is 11.2. The van der Waals surface area contributed by atoms with E-state index in [0.717, 1.165) is 68.2 Å². The van der Waals surface area contributed by atoms with Crippen LogP contribution in [0.25, 0.3) is 90.9 Å². The molecule has 0 radical (unpaired) electrons. The molecular formula is C60H46F16N12. The molecule has 458 valence electrons. The van der Waals surface area contributed by atoms with Gasteiger partial charge in [0, 0.05) is 149 Å². The molecule has 0 atom stereocenters. The summed E-state index contributed by atoms with van der Waals surface area (Å²) in [6, 6.07) is 3.69. The Kier molecular flexibility index (Phi) is 15.2. The van der Waals surface area contributed by atoms with E-state index in [2.05, 4.69) is 41.2 Å². The van der Waals surface area contributed by atoms with E-state index in [1.54, 1.807) is 0 Å². The molecule has 4 fully saturated rings. The quantitative estimate of drug-likeness (QED) is 0.0649. The number of nitrogens with one attached hydrogen (secondary N) is 6. The van der Waals surface area contributed by atoms with Crippen LogP contribution in [-0.2, 0) is 0 Å². The molecule has 4 saturated heterocycles. The molecule has 6 aliphatic heterocycles. The SMILES string of the molecule is Fc1c(F)c(N2CCNCC2)c(F)c(F)c1-c1c2nc(c(-c3c(F)c(F)c(N4CCNCC4)c(F)c3F)c3ccc([nH]3)c(-c3c(F)c(F)c(N4CCNCC4)c(F)c3F)c3nc(c(-c4c(F)c(F)c(N5CCNCC5)c(F)c4F)c4ccc1[nH]4)C=C3)C=C2. The van der Waals surface area contributed by atoms with E-state index in [-0.39, 0.29) is 105 Å². The highest BCUT2D eigenvalue weighted by Crippen LogP contribution is 2.47. The number of rotatable bonds is 8. The first kappa shape index (κ1) is 58.4. The van der Waals surface area contributed by atoms with Crippen molar-refractivity contribution in [3.05, 3.63) is 140 Å². The van der Waals surface area contributed by atoms with Crippen LogP contribution >= 0.6 is 0 Å². The molecule has 9 heterocycles. The normalized spacial score (nSPS) is 16.5. The van der Waals surface area contributed by atoms with E-state index >= 15 is 70.2 Å². The minimum atomic E-state index is -2.05. The summed E-state index contributed by atoms with van der Waals surface area (Å²) in [5.74, 6) is -31.7. The highest BCUT2D eigenvalue weighted by Gasteiger charge is 2.38. The van der Waals surface area contributed by atoms with Gasteiger partial charge in [-0.15, -0.1) is 0 Å². The van der Waals surface area contributed by atoms with Crippen LogP contribution in [0.2, 0.25) is 0 Å². The summed E-state index contributed by atoms with van der Waals surface area (Å²) in [6.45, 7) is 0.130. The maximum Gasteiger partial charge on any atom is 0.185 e. The summed E-state index contributed by atoms with van der Waals surface area (Å²) in [5, 5.41) is 11.8. The summed E-state index contributed by atoms with van der Waals surface area (Å²) in [5.41, 5.74) is -19.9. The van der Waals surface area contributed by atoms with Gasteiger partial charge < -0.3 is 50.8 Å². The minimum absolute atomic E-state index is 0.124. The zero-order valence-corrected chi connectivity index (χ0v) is 45.7. The van der Waals surface area contributed by atoms with E-state index in [4.69, 9.17) is 0 Å². The molecule has 13 rings (SSSR count). The van der Waals surface area contributed by atoms with E-state index < -0.39 is 205 Å². The Morgan fingerprint density at radius 3 is 0.580 bits per heavy atom. The third kappa shape index (κ3) is 9.39. The van der Waals surface area contributed by atoms with Crippen molar-refractivity contribution < 1.29 is 70.2 Å². The second-order valence-electron chi connectivity index (χ2n) is 21.4. The number of halogens is 16. The molecule has 0 unspecified atom stereocenters. The molecular weight excluding hydrogens is 1190 g/mol. The third-order valence-electron chi connectivity index (χ3n) is 16.4. The summed E-state index contributed by atoms with van der Waals surface area (Å²) < 4.78 is 271. The lowest BCUT2D eigenvalue weighted by molar-refractivity contribution is 0.450. The van der Waals surface area contributed by atoms with Gasteiger partial charge in [0.1, 0.15) is 22.7 Å². The number of anilines is 4. The van der Waals surface area contributed by atoms with E-state index in [1.807, 2.05) is 0 Å². The van der Waals surface area contributed by atoms with Gasteiger partial charge in [0.2, 0.25) is 0 Å². The number of hydrogen-bond acceptors (Lipinski definition) is 10. The second-order valence-corrected chi connectivity index (χ2v) is 21.4. The molecule has 12 nitrogen and oxygen atoms in total. The van der Waals surface area contributed by atoms with Gasteiger partial charge in [-0.2, -0.15) is 0 Å². The van der Waals surface area contributed by atoms with Gasteiger partial charge in [-0.1, -0.05) is 0 Å². The average Bonchev–Trinajstić information content (AvgIpc) is 1.48. The molecule has 7 aromatic rings. The maximum absolute atomic E-state index is 17.2. The molecule has 88 heavy (non-hydrogen) atoms. The lowest BCUT2D eigenvalue weighted by atomic mass is 10.00. The van der Waals surface area contributed by atoms with Crippen LogP contribution in [0.1, 0.15) is 22.8 Å². The Morgan fingerprint density at radius 2 is 0.409 bits per heavy atom. The number of hydrogen-bond donors (Lipinski definition) is 6. The van der Waals surface area contributed by atoms with Crippen molar-refractivity contribution in [2.24, 2.45) is 0 Å². The first-order valence-electron chi connectivity index (χ1n) is 27.8. The largest absolute Gasteiger partial charge is 0.364 e. The Labute approximate surface area is 488 Å². The van der Waals surface area contributed by atoms with Crippen molar-refractivity contribution >= 4 is 69.1 Å². The van der Waals surface area contributed by atoms with Crippen LogP contribution in [0.15, 0.2) is 24.3 Å². The van der Waals surface area contributed by atoms with Gasteiger partial charge in [-0.3, -0.25) is 0 Å². The van der Waals surface area contributed by atoms with Gasteiger partial charge in [0.05, 0.1) is 45.0 Å². The lowest BCUT2D eigenvalue weighted by Crippen LogP contribution is -2.44. The standard InChI is InChI=1S/C60H46F16N12/c61-41-37(42(62)50(70)57(49(41)69)85-17-9-77-10-18-85)33-25-1-2-26(81-25)34(38-43(63)51(71)58(52(72)44(38)64)86-19-11-78-12-20-86)28-5-6-30(83-28)36(40-47(67)55(75)60(56(76)48(40)68)88-23-15-80-16-24-88)32-8-7-31(84-32)35(29-4-3-27(33)82-29)39-45(65)53(73)59(54(74)46(39)66)87-21-13-79-14-22-87/h1-8,77-81,84H,9-24H2. The van der Waals surface area contributed by atoms with Crippen molar-refractivity contribution in [3.8, 4) is 44.5 Å². The van der Waals surface area contributed by atoms with Crippen molar-refractivity contribution in [2.45, 2.75) is 0 Å². The summed E-state index contributed by atoms with van der Waals surface area (Å²) in [6.07, 6.45) is 3.58. The predicted molar refractivity (Wildman–Crippen MR) is 300 cm³/mol. The van der Waals surface area contributed by atoms with Crippen molar-refractivity contribution in [1.82, 2.24) is 41.2 Å². The molecule has 6 aliphatic rings. The molecule has 4 aromatic carbocycles. The number of aromatic nitrogens is 4. The maximum atomic E-state index is 17.2. The van der Waals surface area contributed by atoms with Crippen LogP contribution in [0.4, 0.5) is 93.0 Å². The third-order valence-corrected chi connectivity index (χ3v) is 16.4. The van der Waals surface area contributed by atoms with Crippen LogP contribution < -0.4 is 40.9 Å². The molecule has 6 N–H and O–H groups in total. The fourth-order valence-electron chi connectivity index (χ4n) is 12.3. The van der Waals surface area contributed by atoms with Crippen LogP contribution in [0.5, 0.6) is 0 Å². The fraction of sp³-hybridized carbons (Fsp3) is 0.267. The van der Waals surface area contributed by atoms with Crippen molar-refractivity contribution in [3.63, 3.8) is 0 Å². The number of piperazine rings is 4.